The highest BCUT2D eigenvalue weighted by Gasteiger charge is 2.24. The van der Waals surface area contributed by atoms with E-state index in [2.05, 4.69) is 33.7 Å². The maximum atomic E-state index is 13.3. The minimum atomic E-state index is -0.628. The Labute approximate surface area is 210 Å². The number of hydrogen-bond donors (Lipinski definition) is 2. The quantitative estimate of drug-likeness (QED) is 0.500. The summed E-state index contributed by atoms with van der Waals surface area (Å²) >= 11 is 0. The number of carbonyl (C=O) groups excluding carboxylic acids is 2. The molecule has 1 aliphatic rings. The smallest absolute Gasteiger partial charge is 0.247 e. The van der Waals surface area contributed by atoms with Crippen LogP contribution in [0.4, 0.5) is 11.5 Å². The number of carbonyl (C=O) groups is 2. The van der Waals surface area contributed by atoms with Gasteiger partial charge in [-0.15, -0.1) is 0 Å². The predicted molar refractivity (Wildman–Crippen MR) is 136 cm³/mol. The van der Waals surface area contributed by atoms with Crippen LogP contribution in [0.5, 0.6) is 0 Å². The van der Waals surface area contributed by atoms with Gasteiger partial charge < -0.3 is 20.4 Å². The van der Waals surface area contributed by atoms with E-state index in [4.69, 9.17) is 5.26 Å². The first kappa shape index (κ1) is 24.9. The number of benzene rings is 1. The second-order valence-electron chi connectivity index (χ2n) is 9.05. The van der Waals surface area contributed by atoms with Crippen LogP contribution >= 0.6 is 0 Å². The minimum absolute atomic E-state index is 0.0688. The van der Waals surface area contributed by atoms with Crippen LogP contribution in [-0.4, -0.2) is 64.7 Å². The monoisotopic (exact) mass is 486 g/mol. The Morgan fingerprint density at radius 3 is 2.50 bits per heavy atom. The number of aryl methyl sites for hydroxylation is 1. The van der Waals surface area contributed by atoms with Gasteiger partial charge in [0.2, 0.25) is 11.8 Å². The summed E-state index contributed by atoms with van der Waals surface area (Å²) < 4.78 is 1.66. The van der Waals surface area contributed by atoms with Crippen molar-refractivity contribution in [3.05, 3.63) is 71.7 Å². The molecule has 10 heteroatoms. The molecule has 1 aromatic carbocycles. The molecule has 186 valence electrons. The van der Waals surface area contributed by atoms with Crippen LogP contribution in [0.1, 0.15) is 35.6 Å². The van der Waals surface area contributed by atoms with Gasteiger partial charge in [-0.1, -0.05) is 19.1 Å². The van der Waals surface area contributed by atoms with E-state index in [0.717, 1.165) is 23.4 Å². The fourth-order valence-electron chi connectivity index (χ4n) is 4.07. The highest BCUT2D eigenvalue weighted by Crippen LogP contribution is 2.21. The van der Waals surface area contributed by atoms with Crippen molar-refractivity contribution in [3.63, 3.8) is 0 Å². The number of nitrogens with zero attached hydrogens (tertiary/aromatic N) is 6. The number of pyridine rings is 1. The van der Waals surface area contributed by atoms with Crippen LogP contribution in [0.15, 0.2) is 55.0 Å². The Morgan fingerprint density at radius 1 is 1.11 bits per heavy atom. The van der Waals surface area contributed by atoms with Gasteiger partial charge in [0.15, 0.2) is 0 Å². The van der Waals surface area contributed by atoms with Crippen molar-refractivity contribution in [2.24, 2.45) is 7.05 Å². The van der Waals surface area contributed by atoms with Crippen LogP contribution in [-0.2, 0) is 16.6 Å². The molecule has 1 aliphatic heterocycles. The lowest BCUT2D eigenvalue weighted by molar-refractivity contribution is -0.129. The van der Waals surface area contributed by atoms with E-state index in [1.54, 1.807) is 54.3 Å². The summed E-state index contributed by atoms with van der Waals surface area (Å²) in [6.07, 6.45) is 5.16. The molecule has 0 radical (unpaired) electrons. The van der Waals surface area contributed by atoms with E-state index >= 15 is 0 Å². The molecule has 0 unspecified atom stereocenters. The molecule has 4 rings (SSSR count). The van der Waals surface area contributed by atoms with Gasteiger partial charge in [-0.3, -0.25) is 14.3 Å². The summed E-state index contributed by atoms with van der Waals surface area (Å²) in [6, 6.07) is 12.6. The van der Waals surface area contributed by atoms with Gasteiger partial charge in [-0.2, -0.15) is 10.4 Å². The van der Waals surface area contributed by atoms with Crippen LogP contribution in [0.3, 0.4) is 0 Å². The molecule has 10 nitrogen and oxygen atoms in total. The molecule has 2 atom stereocenters. The largest absolute Gasteiger partial charge is 0.359 e. The van der Waals surface area contributed by atoms with Crippen molar-refractivity contribution in [2.75, 3.05) is 43.4 Å². The standard InChI is InChI=1S/C26H30N8O2/c1-18(20-6-4-19(12-27)5-7-20)13-29-25(21-14-30-33(3)16-21)26(36)31-23-9-8-22(15-28-23)34-11-10-32(2)24(35)17-34/h4-9,14-16,18,25,29H,10-11,13,17H2,1-3H3,(H,28,31,36)/t18-,25-/m0/s1. The van der Waals surface area contributed by atoms with E-state index in [-0.39, 0.29) is 17.7 Å². The van der Waals surface area contributed by atoms with E-state index < -0.39 is 6.04 Å². The summed E-state index contributed by atoms with van der Waals surface area (Å²) in [4.78, 5) is 33.4. The molecule has 2 N–H and O–H groups in total. The lowest BCUT2D eigenvalue weighted by Gasteiger charge is -2.33. The molecule has 1 fully saturated rings. The zero-order chi connectivity index (χ0) is 25.7. The van der Waals surface area contributed by atoms with Crippen LogP contribution in [0.2, 0.25) is 0 Å². The topological polar surface area (TPSA) is 119 Å². The predicted octanol–water partition coefficient (Wildman–Crippen LogP) is 2.04. The van der Waals surface area contributed by atoms with Gasteiger partial charge in [0.05, 0.1) is 36.3 Å². The second-order valence-corrected chi connectivity index (χ2v) is 9.05. The lowest BCUT2D eigenvalue weighted by Crippen LogP contribution is -2.48. The number of hydrogen-bond acceptors (Lipinski definition) is 7. The zero-order valence-electron chi connectivity index (χ0n) is 20.7. The lowest BCUT2D eigenvalue weighted by atomic mass is 9.99. The van der Waals surface area contributed by atoms with Gasteiger partial charge in [0, 0.05) is 45.5 Å². The van der Waals surface area contributed by atoms with Gasteiger partial charge in [-0.05, 0) is 35.7 Å². The summed E-state index contributed by atoms with van der Waals surface area (Å²) in [6.45, 7) is 4.32. The normalized spacial score (nSPS) is 15.3. The number of piperazine rings is 1. The van der Waals surface area contributed by atoms with Crippen LogP contribution in [0.25, 0.3) is 0 Å². The van der Waals surface area contributed by atoms with Crippen LogP contribution < -0.4 is 15.5 Å². The van der Waals surface area contributed by atoms with Crippen LogP contribution in [0, 0.1) is 11.3 Å². The molecule has 0 saturated carbocycles. The van der Waals surface area contributed by atoms with Crippen molar-refractivity contribution < 1.29 is 9.59 Å². The van der Waals surface area contributed by atoms with Crippen molar-refractivity contribution >= 4 is 23.3 Å². The zero-order valence-corrected chi connectivity index (χ0v) is 20.7. The van der Waals surface area contributed by atoms with E-state index in [0.29, 0.717) is 31.0 Å². The number of rotatable bonds is 8. The molecular weight excluding hydrogens is 456 g/mol. The highest BCUT2D eigenvalue weighted by molar-refractivity contribution is 5.94. The average Bonchev–Trinajstić information content (AvgIpc) is 3.32. The maximum absolute atomic E-state index is 13.3. The molecular formula is C26H30N8O2. The molecule has 0 bridgehead atoms. The van der Waals surface area contributed by atoms with Crippen molar-refractivity contribution in [1.29, 1.82) is 5.26 Å². The number of anilines is 2. The first-order valence-electron chi connectivity index (χ1n) is 11.8. The van der Waals surface area contributed by atoms with Gasteiger partial charge >= 0.3 is 0 Å². The Bertz CT molecular complexity index is 1250. The van der Waals surface area contributed by atoms with E-state index in [1.165, 1.54) is 0 Å². The summed E-state index contributed by atoms with van der Waals surface area (Å²) in [5, 5.41) is 19.5. The second kappa shape index (κ2) is 11.0. The molecule has 3 heterocycles. The van der Waals surface area contributed by atoms with Gasteiger partial charge in [-0.25, -0.2) is 4.98 Å². The Hall–Kier alpha value is -4.23. The van der Waals surface area contributed by atoms with Crippen molar-refractivity contribution in [3.8, 4) is 6.07 Å². The highest BCUT2D eigenvalue weighted by atomic mass is 16.2. The summed E-state index contributed by atoms with van der Waals surface area (Å²) in [5.41, 5.74) is 3.28. The third-order valence-corrected chi connectivity index (χ3v) is 6.38. The molecule has 36 heavy (non-hydrogen) atoms. The Balaban J connectivity index is 1.42. The fourth-order valence-corrected chi connectivity index (χ4v) is 4.07. The first-order valence-corrected chi connectivity index (χ1v) is 11.8. The van der Waals surface area contributed by atoms with Crippen molar-refractivity contribution in [1.82, 2.24) is 25.0 Å². The number of likely N-dealkylation sites (N-methyl/N-ethyl adjacent to an activating group) is 1. The summed E-state index contributed by atoms with van der Waals surface area (Å²) in [5.74, 6) is 0.373. The minimum Gasteiger partial charge on any atom is -0.359 e. The maximum Gasteiger partial charge on any atom is 0.247 e. The Kier molecular flexibility index (Phi) is 7.61. The SMILES string of the molecule is C[C@@H](CN[C@H](C(=O)Nc1ccc(N2CCN(C)C(=O)C2)cn1)c1cnn(C)c1)c1ccc(C#N)cc1. The van der Waals surface area contributed by atoms with E-state index in [1.807, 2.05) is 29.3 Å². The van der Waals surface area contributed by atoms with E-state index in [9.17, 15) is 9.59 Å². The number of amides is 2. The van der Waals surface area contributed by atoms with Gasteiger partial charge in [0.1, 0.15) is 11.9 Å². The number of nitriles is 1. The first-order chi connectivity index (χ1) is 17.3. The molecule has 2 aromatic heterocycles. The summed E-state index contributed by atoms with van der Waals surface area (Å²) in [7, 11) is 3.61. The molecule has 0 spiro atoms. The average molecular weight is 487 g/mol. The fraction of sp³-hybridized carbons (Fsp3) is 0.346. The molecule has 0 aliphatic carbocycles. The third-order valence-electron chi connectivity index (χ3n) is 6.38. The molecule has 3 aromatic rings. The third kappa shape index (κ3) is 5.87. The number of nitrogens with one attached hydrogen (secondary N) is 2. The van der Waals surface area contributed by atoms with Crippen molar-refractivity contribution in [2.45, 2.75) is 18.9 Å². The molecule has 1 saturated heterocycles. The number of aromatic nitrogens is 3. The molecule has 2 amide bonds. The van der Waals surface area contributed by atoms with Gasteiger partial charge in [0.25, 0.3) is 0 Å². The Morgan fingerprint density at radius 2 is 1.89 bits per heavy atom.